The average molecular weight is 346 g/mol. The normalized spacial score (nSPS) is 24.8. The van der Waals surface area contributed by atoms with Crippen LogP contribution in [0.1, 0.15) is 36.5 Å². The van der Waals surface area contributed by atoms with Crippen molar-refractivity contribution < 1.29 is 18.6 Å². The third-order valence-corrected chi connectivity index (χ3v) is 6.91. The van der Waals surface area contributed by atoms with E-state index in [1.54, 1.807) is 44.2 Å². The van der Waals surface area contributed by atoms with Crippen molar-refractivity contribution in [2.24, 2.45) is 5.41 Å². The third-order valence-electron chi connectivity index (χ3n) is 4.74. The minimum Gasteiger partial charge on any atom is -0.508 e. The van der Waals surface area contributed by atoms with Crippen molar-refractivity contribution >= 4 is 9.84 Å². The van der Waals surface area contributed by atoms with E-state index >= 15 is 0 Å². The van der Waals surface area contributed by atoms with Crippen molar-refractivity contribution in [3.05, 3.63) is 59.2 Å². The Labute approximate surface area is 142 Å². The molecule has 0 bridgehead atoms. The van der Waals surface area contributed by atoms with Gasteiger partial charge in [0.2, 0.25) is 0 Å². The molecule has 3 rings (SSSR count). The number of benzene rings is 2. The Balaban J connectivity index is 2.34. The average Bonchev–Trinajstić information content (AvgIpc) is 2.51. The smallest absolute Gasteiger partial charge is 0.179 e. The number of phenols is 1. The molecule has 0 saturated heterocycles. The van der Waals surface area contributed by atoms with E-state index in [0.29, 0.717) is 11.1 Å². The van der Waals surface area contributed by atoms with E-state index in [1.165, 1.54) is 0 Å². The van der Waals surface area contributed by atoms with Gasteiger partial charge in [-0.2, -0.15) is 0 Å². The van der Waals surface area contributed by atoms with Crippen molar-refractivity contribution in [3.63, 3.8) is 0 Å². The zero-order valence-corrected chi connectivity index (χ0v) is 14.8. The summed E-state index contributed by atoms with van der Waals surface area (Å²) in [6.45, 7) is 5.43. The van der Waals surface area contributed by atoms with Crippen LogP contribution in [-0.4, -0.2) is 30.5 Å². The summed E-state index contributed by atoms with van der Waals surface area (Å²) in [6, 6.07) is 11.9. The van der Waals surface area contributed by atoms with Crippen molar-refractivity contribution in [1.82, 2.24) is 0 Å². The maximum atomic E-state index is 12.8. The minimum atomic E-state index is -3.51. The Morgan fingerprint density at radius 1 is 1.12 bits per heavy atom. The highest BCUT2D eigenvalue weighted by Gasteiger charge is 2.44. The fourth-order valence-corrected chi connectivity index (χ4v) is 5.67. The SMILES string of the molecule is Cc1ccc2c(c1)[C@@H](c1cccc(O)c1)[C@@H](O)C(C)(C)CS2(=O)=O. The lowest BCUT2D eigenvalue weighted by Crippen LogP contribution is -2.38. The summed E-state index contributed by atoms with van der Waals surface area (Å²) in [5.41, 5.74) is 1.42. The molecule has 0 amide bonds. The van der Waals surface area contributed by atoms with Crippen molar-refractivity contribution in [2.45, 2.75) is 37.7 Å². The van der Waals surface area contributed by atoms with E-state index in [0.717, 1.165) is 5.56 Å². The number of aliphatic hydroxyl groups is 1. The first kappa shape index (κ1) is 17.0. The molecule has 1 aliphatic rings. The highest BCUT2D eigenvalue weighted by atomic mass is 32.2. The van der Waals surface area contributed by atoms with Crippen molar-refractivity contribution in [3.8, 4) is 5.75 Å². The highest BCUT2D eigenvalue weighted by molar-refractivity contribution is 7.91. The van der Waals surface area contributed by atoms with Gasteiger partial charge in [-0.3, -0.25) is 0 Å². The van der Waals surface area contributed by atoms with Crippen LogP contribution in [0.15, 0.2) is 47.4 Å². The molecule has 2 N–H and O–H groups in total. The molecule has 0 fully saturated rings. The summed E-state index contributed by atoms with van der Waals surface area (Å²) in [5, 5.41) is 20.9. The second-order valence-electron chi connectivity index (χ2n) is 7.31. The van der Waals surface area contributed by atoms with Gasteiger partial charge in [0, 0.05) is 11.3 Å². The molecule has 2 aromatic rings. The van der Waals surface area contributed by atoms with Gasteiger partial charge in [-0.1, -0.05) is 43.7 Å². The van der Waals surface area contributed by atoms with Crippen LogP contribution in [0.2, 0.25) is 0 Å². The summed E-state index contributed by atoms with van der Waals surface area (Å²) in [4.78, 5) is 0.270. The topological polar surface area (TPSA) is 74.6 Å². The van der Waals surface area contributed by atoms with Gasteiger partial charge in [-0.15, -0.1) is 0 Å². The van der Waals surface area contributed by atoms with Gasteiger partial charge < -0.3 is 10.2 Å². The molecule has 2 atom stereocenters. The number of hydrogen-bond donors (Lipinski definition) is 2. The number of aryl methyl sites for hydroxylation is 1. The van der Waals surface area contributed by atoms with Crippen LogP contribution in [0.25, 0.3) is 0 Å². The molecule has 0 unspecified atom stereocenters. The Morgan fingerprint density at radius 2 is 1.83 bits per heavy atom. The molecule has 0 spiro atoms. The maximum Gasteiger partial charge on any atom is 0.179 e. The molecule has 1 aliphatic heterocycles. The molecule has 0 radical (unpaired) electrons. The molecular weight excluding hydrogens is 324 g/mol. The first-order valence-corrected chi connectivity index (χ1v) is 9.57. The lowest BCUT2D eigenvalue weighted by atomic mass is 9.75. The van der Waals surface area contributed by atoms with Gasteiger partial charge in [-0.05, 0) is 36.2 Å². The van der Waals surface area contributed by atoms with E-state index in [4.69, 9.17) is 0 Å². The van der Waals surface area contributed by atoms with Crippen LogP contribution in [0.5, 0.6) is 5.75 Å². The number of hydrogen-bond acceptors (Lipinski definition) is 4. The quantitative estimate of drug-likeness (QED) is 0.832. The van der Waals surface area contributed by atoms with Crippen LogP contribution in [0.4, 0.5) is 0 Å². The van der Waals surface area contributed by atoms with Gasteiger partial charge in [-0.25, -0.2) is 8.42 Å². The molecule has 0 saturated carbocycles. The lowest BCUT2D eigenvalue weighted by molar-refractivity contribution is 0.0520. The van der Waals surface area contributed by atoms with E-state index in [2.05, 4.69) is 0 Å². The second kappa shape index (κ2) is 5.60. The lowest BCUT2D eigenvalue weighted by Gasteiger charge is -2.33. The summed E-state index contributed by atoms with van der Waals surface area (Å²) in [7, 11) is -3.51. The fraction of sp³-hybridized carbons (Fsp3) is 0.368. The van der Waals surface area contributed by atoms with Gasteiger partial charge in [0.15, 0.2) is 9.84 Å². The molecule has 1 heterocycles. The number of fused-ring (bicyclic) bond motifs is 1. The van der Waals surface area contributed by atoms with Gasteiger partial charge >= 0.3 is 0 Å². The van der Waals surface area contributed by atoms with Gasteiger partial charge in [0.25, 0.3) is 0 Å². The largest absolute Gasteiger partial charge is 0.508 e. The zero-order chi connectivity index (χ0) is 17.7. The Bertz CT molecular complexity index is 884. The van der Waals surface area contributed by atoms with Crippen LogP contribution in [-0.2, 0) is 9.84 Å². The first-order valence-electron chi connectivity index (χ1n) is 7.92. The van der Waals surface area contributed by atoms with Crippen LogP contribution >= 0.6 is 0 Å². The predicted molar refractivity (Wildman–Crippen MR) is 93.0 cm³/mol. The van der Waals surface area contributed by atoms with Crippen molar-refractivity contribution in [2.75, 3.05) is 5.75 Å². The summed E-state index contributed by atoms with van der Waals surface area (Å²) in [6.07, 6.45) is -0.892. The van der Waals surface area contributed by atoms with E-state index in [9.17, 15) is 18.6 Å². The summed E-state index contributed by atoms with van der Waals surface area (Å²) >= 11 is 0. The first-order chi connectivity index (χ1) is 11.1. The maximum absolute atomic E-state index is 12.8. The number of sulfone groups is 1. The van der Waals surface area contributed by atoms with Gasteiger partial charge in [0.05, 0.1) is 16.8 Å². The van der Waals surface area contributed by atoms with Crippen LogP contribution in [0.3, 0.4) is 0 Å². The molecular formula is C19H22O4S. The van der Waals surface area contributed by atoms with Crippen LogP contribution in [0, 0.1) is 12.3 Å². The number of aromatic hydroxyl groups is 1. The Hall–Kier alpha value is -1.85. The number of aliphatic hydroxyl groups excluding tert-OH is 1. The molecule has 4 nitrogen and oxygen atoms in total. The van der Waals surface area contributed by atoms with E-state index in [1.807, 2.05) is 19.1 Å². The molecule has 0 aliphatic carbocycles. The van der Waals surface area contributed by atoms with Gasteiger partial charge in [0.1, 0.15) is 5.75 Å². The molecule has 2 aromatic carbocycles. The molecule has 128 valence electrons. The third kappa shape index (κ3) is 2.82. The fourth-order valence-electron chi connectivity index (χ4n) is 3.55. The summed E-state index contributed by atoms with van der Waals surface area (Å²) in [5.74, 6) is -0.537. The number of phenolic OH excluding ortho intramolecular Hbond substituents is 1. The molecule has 24 heavy (non-hydrogen) atoms. The van der Waals surface area contributed by atoms with Crippen LogP contribution < -0.4 is 0 Å². The Morgan fingerprint density at radius 3 is 2.50 bits per heavy atom. The van der Waals surface area contributed by atoms with E-state index < -0.39 is 27.3 Å². The zero-order valence-electron chi connectivity index (χ0n) is 14.0. The monoisotopic (exact) mass is 346 g/mol. The minimum absolute atomic E-state index is 0.0961. The highest BCUT2D eigenvalue weighted by Crippen LogP contribution is 2.45. The molecule has 5 heteroatoms. The Kier molecular flexibility index (Phi) is 3.97. The number of rotatable bonds is 1. The predicted octanol–water partition coefficient (Wildman–Crippen LogP) is 3.01. The molecule has 0 aromatic heterocycles. The van der Waals surface area contributed by atoms with Crippen molar-refractivity contribution in [1.29, 1.82) is 0 Å². The summed E-state index contributed by atoms with van der Waals surface area (Å²) < 4.78 is 25.7. The standard InChI is InChI=1S/C19H22O4S/c1-12-7-8-16-15(9-12)17(13-5-4-6-14(20)10-13)18(21)19(2,3)11-24(16,22)23/h4-10,17-18,20-21H,11H2,1-3H3/t17-,18-/m1/s1. The second-order valence-corrected chi connectivity index (χ2v) is 9.26. The van der Waals surface area contributed by atoms with E-state index in [-0.39, 0.29) is 16.4 Å².